The lowest BCUT2D eigenvalue weighted by molar-refractivity contribution is -0.135. The first-order valence-corrected chi connectivity index (χ1v) is 8.61. The zero-order chi connectivity index (χ0) is 13.3. The summed E-state index contributed by atoms with van der Waals surface area (Å²) in [5, 5.41) is 0. The highest BCUT2D eigenvalue weighted by atomic mass is 28.4. The summed E-state index contributed by atoms with van der Waals surface area (Å²) in [5.41, 5.74) is -0.0729. The van der Waals surface area contributed by atoms with Gasteiger partial charge in [0.2, 0.25) is 0 Å². The van der Waals surface area contributed by atoms with Crippen LogP contribution in [0.2, 0.25) is 6.04 Å². The van der Waals surface area contributed by atoms with E-state index in [4.69, 9.17) is 13.6 Å². The fourth-order valence-electron chi connectivity index (χ4n) is 1.89. The molecule has 5 nitrogen and oxygen atoms in total. The van der Waals surface area contributed by atoms with E-state index in [9.17, 15) is 4.79 Å². The predicted octanol–water partition coefficient (Wildman–Crippen LogP) is 1.97. The molecule has 0 bridgehead atoms. The van der Waals surface area contributed by atoms with E-state index in [1.54, 1.807) is 0 Å². The van der Waals surface area contributed by atoms with Gasteiger partial charge < -0.3 is 19.1 Å². The number of hydrogen-bond acceptors (Lipinski definition) is 4. The van der Waals surface area contributed by atoms with Crippen molar-refractivity contribution >= 4 is 14.5 Å². The Balaban J connectivity index is 0. The van der Waals surface area contributed by atoms with E-state index in [1.807, 2.05) is 20.8 Å². The minimum absolute atomic E-state index is 0. The quantitative estimate of drug-likeness (QED) is 0.605. The largest absolute Gasteiger partial charge is 0.492 e. The van der Waals surface area contributed by atoms with E-state index in [0.717, 1.165) is 18.9 Å². The van der Waals surface area contributed by atoms with Gasteiger partial charge in [0, 0.05) is 26.2 Å². The van der Waals surface area contributed by atoms with E-state index < -0.39 is 8.56 Å². The molecule has 0 aromatic carbocycles. The van der Waals surface area contributed by atoms with Crippen LogP contribution in [0, 0.1) is 0 Å². The highest BCUT2D eigenvalue weighted by molar-refractivity contribution is 6.70. The highest BCUT2D eigenvalue weighted by Gasteiger charge is 2.47. The van der Waals surface area contributed by atoms with Crippen LogP contribution < -0.4 is 0 Å². The summed E-state index contributed by atoms with van der Waals surface area (Å²) in [7, 11) is -2.57. The summed E-state index contributed by atoms with van der Waals surface area (Å²) in [5.74, 6) is -0.273. The first-order valence-electron chi connectivity index (χ1n) is 6.51. The third kappa shape index (κ3) is 5.95. The Labute approximate surface area is 111 Å². The summed E-state index contributed by atoms with van der Waals surface area (Å²) in [6.45, 7) is 10.7. The van der Waals surface area contributed by atoms with Gasteiger partial charge in [0.15, 0.2) is 0 Å². The maximum absolute atomic E-state index is 11.3. The SMILES string of the molecule is CCCOC(CC)[Si](CC)(OCC)OC(C)=O.O. The summed E-state index contributed by atoms with van der Waals surface area (Å²) in [6, 6.07) is 0.725. The molecule has 6 heteroatoms. The van der Waals surface area contributed by atoms with Crippen molar-refractivity contribution in [2.75, 3.05) is 13.2 Å². The Kier molecular flexibility index (Phi) is 11.6. The zero-order valence-electron chi connectivity index (χ0n) is 12.2. The van der Waals surface area contributed by atoms with Crippen LogP contribution in [0.25, 0.3) is 0 Å². The lowest BCUT2D eigenvalue weighted by Gasteiger charge is -2.34. The van der Waals surface area contributed by atoms with Crippen LogP contribution in [0.3, 0.4) is 0 Å². The van der Waals surface area contributed by atoms with E-state index >= 15 is 0 Å². The van der Waals surface area contributed by atoms with Gasteiger partial charge in [-0.3, -0.25) is 4.79 Å². The molecule has 0 heterocycles. The van der Waals surface area contributed by atoms with Crippen molar-refractivity contribution < 1.29 is 23.9 Å². The van der Waals surface area contributed by atoms with Gasteiger partial charge in [-0.05, 0) is 19.8 Å². The summed E-state index contributed by atoms with van der Waals surface area (Å²) in [6.07, 6.45) is 1.77. The first-order chi connectivity index (χ1) is 8.06. The summed E-state index contributed by atoms with van der Waals surface area (Å²) in [4.78, 5) is 11.3. The fraction of sp³-hybridized carbons (Fsp3) is 0.917. The van der Waals surface area contributed by atoms with Crippen molar-refractivity contribution in [1.29, 1.82) is 0 Å². The monoisotopic (exact) mass is 280 g/mol. The molecule has 0 aliphatic heterocycles. The molecule has 18 heavy (non-hydrogen) atoms. The standard InChI is InChI=1S/C12H26O4Si.H2O/c1-6-10-14-12(7-2)17(9-4,15-8-3)16-11(5)13;/h12H,6-10H2,1-5H3;1H2. The van der Waals surface area contributed by atoms with Crippen LogP contribution in [0.1, 0.15) is 47.5 Å². The zero-order valence-corrected chi connectivity index (χ0v) is 13.2. The van der Waals surface area contributed by atoms with E-state index in [2.05, 4.69) is 6.92 Å². The number of carbonyl (C=O) groups excluding carboxylic acids is 1. The number of carbonyl (C=O) groups is 1. The second-order valence-corrected chi connectivity index (χ2v) is 7.43. The number of ether oxygens (including phenoxy) is 1. The van der Waals surface area contributed by atoms with Crippen LogP contribution >= 0.6 is 0 Å². The Morgan fingerprint density at radius 3 is 2.17 bits per heavy atom. The van der Waals surface area contributed by atoms with E-state index in [0.29, 0.717) is 13.2 Å². The maximum Gasteiger partial charge on any atom is 0.430 e. The molecule has 0 rings (SSSR count). The van der Waals surface area contributed by atoms with Crippen LogP contribution in [0.5, 0.6) is 0 Å². The number of rotatable bonds is 9. The molecule has 0 fully saturated rings. The van der Waals surface area contributed by atoms with Crippen molar-refractivity contribution in [2.24, 2.45) is 0 Å². The molecule has 0 saturated carbocycles. The molecule has 0 radical (unpaired) electrons. The molecule has 2 N–H and O–H groups in total. The van der Waals surface area contributed by atoms with Crippen LogP contribution in [-0.4, -0.2) is 38.9 Å². The van der Waals surface area contributed by atoms with Gasteiger partial charge in [0.25, 0.3) is 5.97 Å². The van der Waals surface area contributed by atoms with Crippen molar-refractivity contribution in [2.45, 2.75) is 59.2 Å². The molecule has 0 aromatic heterocycles. The van der Waals surface area contributed by atoms with E-state index in [-0.39, 0.29) is 17.2 Å². The molecule has 0 aliphatic rings. The van der Waals surface area contributed by atoms with Crippen molar-refractivity contribution in [1.82, 2.24) is 0 Å². The normalized spacial score (nSPS) is 15.4. The van der Waals surface area contributed by atoms with Gasteiger partial charge in [-0.1, -0.05) is 20.8 Å². The highest BCUT2D eigenvalue weighted by Crippen LogP contribution is 2.23. The second kappa shape index (κ2) is 10.5. The summed E-state index contributed by atoms with van der Waals surface area (Å²) < 4.78 is 17.2. The Hall–Kier alpha value is -0.433. The van der Waals surface area contributed by atoms with Gasteiger partial charge in [-0.2, -0.15) is 0 Å². The van der Waals surface area contributed by atoms with Gasteiger partial charge >= 0.3 is 8.56 Å². The molecule has 0 amide bonds. The van der Waals surface area contributed by atoms with Gasteiger partial charge in [-0.25, -0.2) is 0 Å². The second-order valence-electron chi connectivity index (χ2n) is 3.96. The van der Waals surface area contributed by atoms with Gasteiger partial charge in [0.1, 0.15) is 5.73 Å². The Bertz CT molecular complexity index is 225. The van der Waals surface area contributed by atoms with Gasteiger partial charge in [0.05, 0.1) is 0 Å². The molecule has 0 spiro atoms. The maximum atomic E-state index is 11.3. The van der Waals surface area contributed by atoms with Crippen molar-refractivity contribution in [3.63, 3.8) is 0 Å². The Morgan fingerprint density at radius 1 is 1.22 bits per heavy atom. The van der Waals surface area contributed by atoms with Gasteiger partial charge in [-0.15, -0.1) is 0 Å². The molecule has 0 saturated heterocycles. The van der Waals surface area contributed by atoms with E-state index in [1.165, 1.54) is 6.92 Å². The minimum Gasteiger partial charge on any atom is -0.492 e. The number of hydrogen-bond donors (Lipinski definition) is 0. The lowest BCUT2D eigenvalue weighted by atomic mass is 10.5. The fourth-order valence-corrected chi connectivity index (χ4v) is 5.04. The smallest absolute Gasteiger partial charge is 0.430 e. The molecule has 110 valence electrons. The average Bonchev–Trinajstić information content (AvgIpc) is 2.29. The molecular formula is C12H28O5Si. The lowest BCUT2D eigenvalue weighted by Crippen LogP contribution is -2.55. The minimum atomic E-state index is -2.57. The third-order valence-corrected chi connectivity index (χ3v) is 6.53. The molecule has 2 atom stereocenters. The van der Waals surface area contributed by atoms with Crippen molar-refractivity contribution in [3.8, 4) is 0 Å². The predicted molar refractivity (Wildman–Crippen MR) is 73.6 cm³/mol. The van der Waals surface area contributed by atoms with Crippen molar-refractivity contribution in [3.05, 3.63) is 0 Å². The first kappa shape index (κ1) is 19.9. The van der Waals surface area contributed by atoms with Crippen LogP contribution in [0.15, 0.2) is 0 Å². The summed E-state index contributed by atoms with van der Waals surface area (Å²) >= 11 is 0. The molecule has 2 unspecified atom stereocenters. The Morgan fingerprint density at radius 2 is 1.83 bits per heavy atom. The molecule has 0 aliphatic carbocycles. The molecular weight excluding hydrogens is 252 g/mol. The molecule has 0 aromatic rings. The topological polar surface area (TPSA) is 76.3 Å². The average molecular weight is 280 g/mol. The van der Waals surface area contributed by atoms with Crippen LogP contribution in [0.4, 0.5) is 0 Å². The van der Waals surface area contributed by atoms with Crippen LogP contribution in [-0.2, 0) is 18.4 Å². The third-order valence-electron chi connectivity index (χ3n) is 2.58.